The van der Waals surface area contributed by atoms with Gasteiger partial charge in [0, 0.05) is 4.88 Å². The molecule has 0 bridgehead atoms. The number of fused-ring (bicyclic) bond motifs is 1. The summed E-state index contributed by atoms with van der Waals surface area (Å²) >= 11 is 1.73. The highest BCUT2D eigenvalue weighted by atomic mass is 32.1. The van der Waals surface area contributed by atoms with Crippen LogP contribution in [0.3, 0.4) is 0 Å². The third-order valence-corrected chi connectivity index (χ3v) is 4.72. The second kappa shape index (κ2) is 5.11. The summed E-state index contributed by atoms with van der Waals surface area (Å²) in [6.45, 7) is 3.70. The van der Waals surface area contributed by atoms with Gasteiger partial charge in [-0.05, 0) is 49.6 Å². The molecule has 3 nitrogen and oxygen atoms in total. The van der Waals surface area contributed by atoms with Gasteiger partial charge in [-0.3, -0.25) is 4.79 Å². The second-order valence-corrected chi connectivity index (χ2v) is 6.03. The maximum Gasteiger partial charge on any atom is 0.228 e. The molecule has 0 radical (unpaired) electrons. The molecule has 1 heterocycles. The van der Waals surface area contributed by atoms with E-state index < -0.39 is 5.54 Å². The summed E-state index contributed by atoms with van der Waals surface area (Å²) in [6.07, 6.45) is 3.65. The summed E-state index contributed by atoms with van der Waals surface area (Å²) in [7, 11) is 0. The standard InChI is InChI=1S/C14H18N2OS/c1-3-14(2,9-15)16-13(17)11-5-4-6-12-10(11)7-8-18-12/h7-8,11H,3-6H2,1-2H3,(H,16,17). The van der Waals surface area contributed by atoms with E-state index in [1.807, 2.05) is 6.92 Å². The van der Waals surface area contributed by atoms with Gasteiger partial charge in [-0.15, -0.1) is 11.3 Å². The van der Waals surface area contributed by atoms with E-state index in [9.17, 15) is 4.79 Å². The molecular weight excluding hydrogens is 244 g/mol. The number of hydrogen-bond acceptors (Lipinski definition) is 3. The molecule has 1 N–H and O–H groups in total. The van der Waals surface area contributed by atoms with Crippen molar-refractivity contribution in [2.75, 3.05) is 0 Å². The van der Waals surface area contributed by atoms with Gasteiger partial charge in [-0.1, -0.05) is 6.92 Å². The van der Waals surface area contributed by atoms with Crippen molar-refractivity contribution in [3.63, 3.8) is 0 Å². The van der Waals surface area contributed by atoms with Crippen molar-refractivity contribution in [2.45, 2.75) is 51.0 Å². The minimum Gasteiger partial charge on any atom is -0.338 e. The third kappa shape index (κ3) is 2.41. The molecule has 0 aromatic carbocycles. The van der Waals surface area contributed by atoms with Crippen molar-refractivity contribution in [1.82, 2.24) is 5.32 Å². The summed E-state index contributed by atoms with van der Waals surface area (Å²) in [4.78, 5) is 13.7. The zero-order valence-corrected chi connectivity index (χ0v) is 11.6. The molecule has 2 rings (SSSR count). The maximum absolute atomic E-state index is 12.3. The van der Waals surface area contributed by atoms with Crippen LogP contribution in [-0.4, -0.2) is 11.4 Å². The fourth-order valence-electron chi connectivity index (χ4n) is 2.31. The fraction of sp³-hybridized carbons (Fsp3) is 0.571. The Morgan fingerprint density at radius 3 is 3.17 bits per heavy atom. The molecule has 0 saturated carbocycles. The molecule has 0 saturated heterocycles. The number of thiophene rings is 1. The van der Waals surface area contributed by atoms with E-state index >= 15 is 0 Å². The monoisotopic (exact) mass is 262 g/mol. The van der Waals surface area contributed by atoms with Crippen LogP contribution in [0.15, 0.2) is 11.4 Å². The highest BCUT2D eigenvalue weighted by molar-refractivity contribution is 7.10. The van der Waals surface area contributed by atoms with Crippen LogP contribution in [0.2, 0.25) is 0 Å². The van der Waals surface area contributed by atoms with Crippen LogP contribution < -0.4 is 5.32 Å². The average Bonchev–Trinajstić information content (AvgIpc) is 2.86. The van der Waals surface area contributed by atoms with E-state index in [1.54, 1.807) is 18.3 Å². The van der Waals surface area contributed by atoms with E-state index in [0.29, 0.717) is 6.42 Å². The first-order valence-electron chi connectivity index (χ1n) is 6.39. The zero-order chi connectivity index (χ0) is 13.2. The Bertz CT molecular complexity index is 488. The van der Waals surface area contributed by atoms with E-state index in [0.717, 1.165) is 19.3 Å². The largest absolute Gasteiger partial charge is 0.338 e. The predicted octanol–water partition coefficient (Wildman–Crippen LogP) is 2.98. The number of hydrogen-bond donors (Lipinski definition) is 1. The zero-order valence-electron chi connectivity index (χ0n) is 10.8. The highest BCUT2D eigenvalue weighted by Crippen LogP contribution is 2.35. The number of rotatable bonds is 3. The summed E-state index contributed by atoms with van der Waals surface area (Å²) in [5, 5.41) is 14.1. The lowest BCUT2D eigenvalue weighted by Gasteiger charge is -2.27. The van der Waals surface area contributed by atoms with Gasteiger partial charge in [0.2, 0.25) is 5.91 Å². The van der Waals surface area contributed by atoms with Crippen LogP contribution in [0.5, 0.6) is 0 Å². The Hall–Kier alpha value is -1.34. The maximum atomic E-state index is 12.3. The predicted molar refractivity (Wildman–Crippen MR) is 72.4 cm³/mol. The Labute approximate surface area is 112 Å². The topological polar surface area (TPSA) is 52.9 Å². The lowest BCUT2D eigenvalue weighted by atomic mass is 9.86. The molecule has 4 heteroatoms. The summed E-state index contributed by atoms with van der Waals surface area (Å²) < 4.78 is 0. The molecule has 0 spiro atoms. The van der Waals surface area contributed by atoms with E-state index in [4.69, 9.17) is 5.26 Å². The molecule has 0 fully saturated rings. The SMILES string of the molecule is CCC(C)(C#N)NC(=O)C1CCCc2sccc21. The number of carbonyl (C=O) groups excluding carboxylic acids is 1. The first-order chi connectivity index (χ1) is 8.59. The first kappa shape index (κ1) is 13.1. The molecule has 1 aromatic rings. The van der Waals surface area contributed by atoms with Gasteiger partial charge < -0.3 is 5.32 Å². The van der Waals surface area contributed by atoms with E-state index in [2.05, 4.69) is 22.8 Å². The average molecular weight is 262 g/mol. The normalized spacial score (nSPS) is 21.5. The van der Waals surface area contributed by atoms with Gasteiger partial charge in [0.05, 0.1) is 12.0 Å². The fourth-order valence-corrected chi connectivity index (χ4v) is 3.30. The van der Waals surface area contributed by atoms with Gasteiger partial charge in [0.25, 0.3) is 0 Å². The molecular formula is C14H18N2OS. The van der Waals surface area contributed by atoms with E-state index in [-0.39, 0.29) is 11.8 Å². The first-order valence-corrected chi connectivity index (χ1v) is 7.27. The molecule has 1 aliphatic carbocycles. The van der Waals surface area contributed by atoms with Crippen LogP contribution in [0, 0.1) is 11.3 Å². The number of carbonyl (C=O) groups is 1. The van der Waals surface area contributed by atoms with Gasteiger partial charge in [-0.25, -0.2) is 0 Å². The van der Waals surface area contributed by atoms with Crippen molar-refractivity contribution in [3.8, 4) is 6.07 Å². The molecule has 2 atom stereocenters. The minimum atomic E-state index is -0.745. The van der Waals surface area contributed by atoms with E-state index in [1.165, 1.54) is 10.4 Å². The quantitative estimate of drug-likeness (QED) is 0.910. The van der Waals surface area contributed by atoms with Gasteiger partial charge in [0.15, 0.2) is 0 Å². The smallest absolute Gasteiger partial charge is 0.228 e. The number of aryl methyl sites for hydroxylation is 1. The van der Waals surface area contributed by atoms with Crippen molar-refractivity contribution in [3.05, 3.63) is 21.9 Å². The van der Waals surface area contributed by atoms with Gasteiger partial charge >= 0.3 is 0 Å². The Morgan fingerprint density at radius 1 is 1.72 bits per heavy atom. The molecule has 1 amide bonds. The lowest BCUT2D eigenvalue weighted by Crippen LogP contribution is -2.46. The molecule has 96 valence electrons. The van der Waals surface area contributed by atoms with Crippen molar-refractivity contribution in [2.24, 2.45) is 0 Å². The van der Waals surface area contributed by atoms with Crippen LogP contribution in [0.4, 0.5) is 0 Å². The highest BCUT2D eigenvalue weighted by Gasteiger charge is 2.31. The van der Waals surface area contributed by atoms with Crippen LogP contribution in [-0.2, 0) is 11.2 Å². The number of nitriles is 1. The van der Waals surface area contributed by atoms with Crippen LogP contribution in [0.1, 0.15) is 49.5 Å². The van der Waals surface area contributed by atoms with Gasteiger partial charge in [-0.2, -0.15) is 5.26 Å². The van der Waals surface area contributed by atoms with Crippen molar-refractivity contribution < 1.29 is 4.79 Å². The van der Waals surface area contributed by atoms with Gasteiger partial charge in [0.1, 0.15) is 5.54 Å². The Balaban J connectivity index is 2.15. The Morgan fingerprint density at radius 2 is 2.50 bits per heavy atom. The summed E-state index contributed by atoms with van der Waals surface area (Å²) in [6, 6.07) is 4.24. The van der Waals surface area contributed by atoms with Crippen molar-refractivity contribution >= 4 is 17.2 Å². The Kier molecular flexibility index (Phi) is 3.72. The minimum absolute atomic E-state index is 0.000231. The number of nitrogens with one attached hydrogen (secondary N) is 1. The lowest BCUT2D eigenvalue weighted by molar-refractivity contribution is -0.124. The van der Waals surface area contributed by atoms with Crippen LogP contribution in [0.25, 0.3) is 0 Å². The molecule has 18 heavy (non-hydrogen) atoms. The molecule has 1 aromatic heterocycles. The summed E-state index contributed by atoms with van der Waals surface area (Å²) in [5.74, 6) is -0.0699. The molecule has 2 unspecified atom stereocenters. The third-order valence-electron chi connectivity index (χ3n) is 3.72. The molecule has 1 aliphatic rings. The van der Waals surface area contributed by atoms with Crippen LogP contribution >= 0.6 is 11.3 Å². The summed E-state index contributed by atoms with van der Waals surface area (Å²) in [5.41, 5.74) is 0.421. The number of nitrogens with zero attached hydrogens (tertiary/aromatic N) is 1. The number of amides is 1. The second-order valence-electron chi connectivity index (χ2n) is 5.03. The molecule has 0 aliphatic heterocycles. The van der Waals surface area contributed by atoms with Crippen molar-refractivity contribution in [1.29, 1.82) is 5.26 Å².